The minimum absolute atomic E-state index is 0.248. The van der Waals surface area contributed by atoms with Gasteiger partial charge in [0.25, 0.3) is 0 Å². The summed E-state index contributed by atoms with van der Waals surface area (Å²) in [6.45, 7) is 0.248. The maximum atomic E-state index is 12.6. The first kappa shape index (κ1) is 12.9. The summed E-state index contributed by atoms with van der Waals surface area (Å²) in [4.78, 5) is 11.0. The maximum absolute atomic E-state index is 12.6. The Morgan fingerprint density at radius 3 is 2.72 bits per heavy atom. The highest BCUT2D eigenvalue weighted by Crippen LogP contribution is 2.37. The predicted octanol–water partition coefficient (Wildman–Crippen LogP) is 2.87. The summed E-state index contributed by atoms with van der Waals surface area (Å²) in [6.07, 6.45) is -4.92. The SMILES string of the molecule is O=C(O)C1CCOC1c1cccc(C(F)(F)F)c1. The quantitative estimate of drug-likeness (QED) is 0.889. The summed E-state index contributed by atoms with van der Waals surface area (Å²) < 4.78 is 42.9. The molecular weight excluding hydrogens is 249 g/mol. The molecule has 0 amide bonds. The van der Waals surface area contributed by atoms with E-state index in [1.807, 2.05) is 0 Å². The van der Waals surface area contributed by atoms with Gasteiger partial charge in [-0.15, -0.1) is 0 Å². The second kappa shape index (κ2) is 4.61. The smallest absolute Gasteiger partial charge is 0.416 e. The minimum atomic E-state index is -4.44. The van der Waals surface area contributed by atoms with E-state index >= 15 is 0 Å². The molecule has 2 rings (SSSR count). The Morgan fingerprint density at radius 2 is 2.11 bits per heavy atom. The molecule has 1 aromatic rings. The number of aliphatic carboxylic acids is 1. The third-order valence-corrected chi connectivity index (χ3v) is 2.95. The molecule has 0 saturated carbocycles. The molecule has 1 aliphatic heterocycles. The average Bonchev–Trinajstić information content (AvgIpc) is 2.77. The second-order valence-corrected chi connectivity index (χ2v) is 4.15. The molecule has 1 N–H and O–H groups in total. The van der Waals surface area contributed by atoms with Crippen LogP contribution in [0.4, 0.5) is 13.2 Å². The molecule has 1 aliphatic rings. The number of alkyl halides is 3. The zero-order valence-electron chi connectivity index (χ0n) is 9.28. The van der Waals surface area contributed by atoms with E-state index in [0.29, 0.717) is 6.42 Å². The lowest BCUT2D eigenvalue weighted by Gasteiger charge is -2.17. The zero-order valence-corrected chi connectivity index (χ0v) is 9.28. The van der Waals surface area contributed by atoms with E-state index in [9.17, 15) is 18.0 Å². The van der Waals surface area contributed by atoms with E-state index in [0.717, 1.165) is 12.1 Å². The standard InChI is InChI=1S/C12H11F3O3/c13-12(14,15)8-3-1-2-7(6-8)10-9(11(16)17)4-5-18-10/h1-3,6,9-10H,4-5H2,(H,16,17). The van der Waals surface area contributed by atoms with Gasteiger partial charge < -0.3 is 9.84 Å². The number of carboxylic acid groups (broad SMARTS) is 1. The van der Waals surface area contributed by atoms with Crippen LogP contribution in [0.3, 0.4) is 0 Å². The van der Waals surface area contributed by atoms with Crippen molar-refractivity contribution in [3.63, 3.8) is 0 Å². The largest absolute Gasteiger partial charge is 0.481 e. The van der Waals surface area contributed by atoms with E-state index < -0.39 is 29.7 Å². The number of hydrogen-bond acceptors (Lipinski definition) is 2. The summed E-state index contributed by atoms with van der Waals surface area (Å²) in [5, 5.41) is 8.97. The minimum Gasteiger partial charge on any atom is -0.481 e. The summed E-state index contributed by atoms with van der Waals surface area (Å²) >= 11 is 0. The molecule has 0 spiro atoms. The summed E-state index contributed by atoms with van der Waals surface area (Å²) in [5.74, 6) is -1.83. The fourth-order valence-corrected chi connectivity index (χ4v) is 2.06. The molecule has 0 aliphatic carbocycles. The van der Waals surface area contributed by atoms with E-state index in [2.05, 4.69) is 0 Å². The van der Waals surface area contributed by atoms with Crippen LogP contribution in [0.25, 0.3) is 0 Å². The molecule has 2 atom stereocenters. The highest BCUT2D eigenvalue weighted by Gasteiger charge is 2.37. The van der Waals surface area contributed by atoms with Crippen molar-refractivity contribution in [1.29, 1.82) is 0 Å². The van der Waals surface area contributed by atoms with Crippen molar-refractivity contribution in [1.82, 2.24) is 0 Å². The normalized spacial score (nSPS) is 24.2. The van der Waals surface area contributed by atoms with Gasteiger partial charge in [-0.25, -0.2) is 0 Å². The van der Waals surface area contributed by atoms with Gasteiger partial charge in [0.05, 0.1) is 17.6 Å². The molecule has 1 saturated heterocycles. The van der Waals surface area contributed by atoms with E-state index in [-0.39, 0.29) is 12.2 Å². The Morgan fingerprint density at radius 1 is 1.39 bits per heavy atom. The molecular formula is C12H11F3O3. The van der Waals surface area contributed by atoms with Crippen LogP contribution in [0.1, 0.15) is 23.7 Å². The molecule has 3 nitrogen and oxygen atoms in total. The number of rotatable bonds is 2. The van der Waals surface area contributed by atoms with E-state index in [1.54, 1.807) is 0 Å². The molecule has 1 aromatic carbocycles. The van der Waals surface area contributed by atoms with Crippen LogP contribution < -0.4 is 0 Å². The van der Waals surface area contributed by atoms with Gasteiger partial charge in [0.1, 0.15) is 0 Å². The molecule has 1 fully saturated rings. The van der Waals surface area contributed by atoms with Gasteiger partial charge in [-0.05, 0) is 24.1 Å². The van der Waals surface area contributed by atoms with Gasteiger partial charge in [-0.1, -0.05) is 12.1 Å². The van der Waals surface area contributed by atoms with Crippen LogP contribution >= 0.6 is 0 Å². The predicted molar refractivity (Wildman–Crippen MR) is 55.9 cm³/mol. The summed E-state index contributed by atoms with van der Waals surface area (Å²) in [7, 11) is 0. The van der Waals surface area contributed by atoms with Crippen molar-refractivity contribution in [3.05, 3.63) is 35.4 Å². The highest BCUT2D eigenvalue weighted by atomic mass is 19.4. The fraction of sp³-hybridized carbons (Fsp3) is 0.417. The monoisotopic (exact) mass is 260 g/mol. The number of carbonyl (C=O) groups is 1. The number of halogens is 3. The van der Waals surface area contributed by atoms with Crippen molar-refractivity contribution in [3.8, 4) is 0 Å². The van der Waals surface area contributed by atoms with Gasteiger partial charge in [0.2, 0.25) is 0 Å². The van der Waals surface area contributed by atoms with Gasteiger partial charge in [-0.3, -0.25) is 4.79 Å². The van der Waals surface area contributed by atoms with Crippen molar-refractivity contribution in [2.45, 2.75) is 18.7 Å². The molecule has 98 valence electrons. The lowest BCUT2D eigenvalue weighted by atomic mass is 9.94. The van der Waals surface area contributed by atoms with Crippen molar-refractivity contribution < 1.29 is 27.8 Å². The number of carboxylic acids is 1. The Bertz CT molecular complexity index is 456. The summed E-state index contributed by atoms with van der Waals surface area (Å²) in [6, 6.07) is 4.63. The van der Waals surface area contributed by atoms with Gasteiger partial charge >= 0.3 is 12.1 Å². The zero-order chi connectivity index (χ0) is 13.3. The lowest BCUT2D eigenvalue weighted by molar-refractivity contribution is -0.143. The molecule has 0 radical (unpaired) electrons. The summed E-state index contributed by atoms with van der Waals surface area (Å²) in [5.41, 5.74) is -0.533. The third kappa shape index (κ3) is 2.48. The Balaban J connectivity index is 2.31. The fourth-order valence-electron chi connectivity index (χ4n) is 2.06. The average molecular weight is 260 g/mol. The number of benzene rings is 1. The molecule has 18 heavy (non-hydrogen) atoms. The Hall–Kier alpha value is -1.56. The number of hydrogen-bond donors (Lipinski definition) is 1. The van der Waals surface area contributed by atoms with Crippen molar-refractivity contribution >= 4 is 5.97 Å². The highest BCUT2D eigenvalue weighted by molar-refractivity contribution is 5.71. The first-order valence-corrected chi connectivity index (χ1v) is 5.41. The van der Waals surface area contributed by atoms with Gasteiger partial charge in [0.15, 0.2) is 0 Å². The second-order valence-electron chi connectivity index (χ2n) is 4.15. The molecule has 1 heterocycles. The van der Waals surface area contributed by atoms with Gasteiger partial charge in [0, 0.05) is 6.61 Å². The Kier molecular flexibility index (Phi) is 3.30. The van der Waals surface area contributed by atoms with Crippen LogP contribution in [-0.4, -0.2) is 17.7 Å². The first-order valence-electron chi connectivity index (χ1n) is 5.41. The van der Waals surface area contributed by atoms with Crippen LogP contribution in [0.2, 0.25) is 0 Å². The molecule has 6 heteroatoms. The third-order valence-electron chi connectivity index (χ3n) is 2.95. The number of ether oxygens (including phenoxy) is 1. The molecule has 0 aromatic heterocycles. The molecule has 2 unspecified atom stereocenters. The van der Waals surface area contributed by atoms with E-state index in [1.165, 1.54) is 12.1 Å². The van der Waals surface area contributed by atoms with Crippen LogP contribution in [0.5, 0.6) is 0 Å². The van der Waals surface area contributed by atoms with Gasteiger partial charge in [-0.2, -0.15) is 13.2 Å². The van der Waals surface area contributed by atoms with Crippen molar-refractivity contribution in [2.24, 2.45) is 5.92 Å². The van der Waals surface area contributed by atoms with E-state index in [4.69, 9.17) is 9.84 Å². The van der Waals surface area contributed by atoms with Crippen molar-refractivity contribution in [2.75, 3.05) is 6.61 Å². The van der Waals surface area contributed by atoms with Crippen LogP contribution in [-0.2, 0) is 15.7 Å². The lowest BCUT2D eigenvalue weighted by Crippen LogP contribution is -2.18. The Labute approximate surface area is 101 Å². The topological polar surface area (TPSA) is 46.5 Å². The first-order chi connectivity index (χ1) is 8.39. The van der Waals surface area contributed by atoms with Crippen LogP contribution in [0.15, 0.2) is 24.3 Å². The molecule has 0 bridgehead atoms. The maximum Gasteiger partial charge on any atom is 0.416 e. The van der Waals surface area contributed by atoms with Crippen LogP contribution in [0, 0.1) is 5.92 Å².